The van der Waals surface area contributed by atoms with Gasteiger partial charge in [0, 0.05) is 12.1 Å². The fraction of sp³-hybridized carbons (Fsp3) is 1.00. The van der Waals surface area contributed by atoms with Crippen LogP contribution in [0.15, 0.2) is 0 Å². The maximum atomic E-state index is 5.05. The van der Waals surface area contributed by atoms with Gasteiger partial charge in [0.2, 0.25) is 0 Å². The van der Waals surface area contributed by atoms with Gasteiger partial charge in [-0.3, -0.25) is 4.90 Å². The molecule has 0 aromatic carbocycles. The molecular formula is C6H12INO. The Morgan fingerprint density at radius 2 is 2.44 bits per heavy atom. The average molecular weight is 241 g/mol. The van der Waals surface area contributed by atoms with Crippen molar-refractivity contribution in [2.75, 3.05) is 20.2 Å². The molecule has 0 amide bonds. The Labute approximate surface area is 70.2 Å². The van der Waals surface area contributed by atoms with E-state index in [9.17, 15) is 0 Å². The summed E-state index contributed by atoms with van der Waals surface area (Å²) in [5.41, 5.74) is 0.335. The van der Waals surface area contributed by atoms with E-state index in [1.54, 1.807) is 0 Å². The monoisotopic (exact) mass is 241 g/mol. The molecule has 0 N–H and O–H groups in total. The first-order valence-electron chi connectivity index (χ1n) is 3.14. The maximum Gasteiger partial charge on any atom is 0.109 e. The summed E-state index contributed by atoms with van der Waals surface area (Å²) < 4.78 is 5.05. The molecule has 0 aliphatic carbocycles. The lowest BCUT2D eigenvalue weighted by atomic mass is 9.89. The minimum Gasteiger partial charge on any atom is -0.314 e. The minimum absolute atomic E-state index is 0.335. The van der Waals surface area contributed by atoms with Crippen LogP contribution in [0.4, 0.5) is 0 Å². The Balaban J connectivity index is 2.34. The van der Waals surface area contributed by atoms with E-state index in [-0.39, 0.29) is 0 Å². The summed E-state index contributed by atoms with van der Waals surface area (Å²) in [6.07, 6.45) is 1.27. The molecule has 1 fully saturated rings. The average Bonchev–Trinajstić information content (AvgIpc) is 1.86. The fourth-order valence-electron chi connectivity index (χ4n) is 1.02. The number of hydrogen-bond acceptors (Lipinski definition) is 2. The van der Waals surface area contributed by atoms with Gasteiger partial charge < -0.3 is 3.07 Å². The number of nitrogens with zero attached hydrogens (tertiary/aromatic N) is 1. The minimum atomic E-state index is 0.335. The highest BCUT2D eigenvalue weighted by molar-refractivity contribution is 14.1. The Morgan fingerprint density at radius 1 is 1.78 bits per heavy atom. The van der Waals surface area contributed by atoms with Gasteiger partial charge in [-0.05, 0) is 20.4 Å². The van der Waals surface area contributed by atoms with Crippen LogP contribution >= 0.6 is 23.0 Å². The largest absolute Gasteiger partial charge is 0.314 e. The topological polar surface area (TPSA) is 12.5 Å². The zero-order chi connectivity index (χ0) is 6.91. The van der Waals surface area contributed by atoms with Gasteiger partial charge in [0.15, 0.2) is 0 Å². The zero-order valence-electron chi connectivity index (χ0n) is 5.85. The lowest BCUT2D eigenvalue weighted by Crippen LogP contribution is -2.57. The van der Waals surface area contributed by atoms with Crippen molar-refractivity contribution in [3.8, 4) is 0 Å². The summed E-state index contributed by atoms with van der Waals surface area (Å²) in [5, 5.41) is 0. The van der Waals surface area contributed by atoms with Gasteiger partial charge in [-0.25, -0.2) is 0 Å². The van der Waals surface area contributed by atoms with Crippen molar-refractivity contribution in [1.82, 2.24) is 4.90 Å². The standard InChI is InChI=1S/C6H12INO/c1-6(5-9-7)3-4-8(6)2/h3-5H2,1-2H3. The Morgan fingerprint density at radius 3 is 2.56 bits per heavy atom. The van der Waals surface area contributed by atoms with Gasteiger partial charge >= 0.3 is 0 Å². The molecule has 54 valence electrons. The molecule has 0 bridgehead atoms. The van der Waals surface area contributed by atoms with E-state index in [2.05, 4.69) is 18.9 Å². The number of likely N-dealkylation sites (tertiary alicyclic amines) is 1. The van der Waals surface area contributed by atoms with Crippen LogP contribution in [0, 0.1) is 0 Å². The highest BCUT2D eigenvalue weighted by Gasteiger charge is 2.37. The van der Waals surface area contributed by atoms with Crippen LogP contribution in [-0.2, 0) is 3.07 Å². The van der Waals surface area contributed by atoms with Crippen LogP contribution in [0.2, 0.25) is 0 Å². The van der Waals surface area contributed by atoms with E-state index >= 15 is 0 Å². The molecule has 0 aromatic rings. The molecule has 1 aliphatic heterocycles. The molecule has 1 atom stereocenters. The zero-order valence-corrected chi connectivity index (χ0v) is 8.01. The predicted octanol–water partition coefficient (Wildman–Crippen LogP) is 1.45. The summed E-state index contributed by atoms with van der Waals surface area (Å²) in [7, 11) is 2.14. The normalized spacial score (nSPS) is 36.3. The Bertz CT molecular complexity index is 109. The Kier molecular flexibility index (Phi) is 2.34. The second kappa shape index (κ2) is 2.72. The third-order valence-corrected chi connectivity index (χ3v) is 2.58. The summed E-state index contributed by atoms with van der Waals surface area (Å²) in [6, 6.07) is 0. The van der Waals surface area contributed by atoms with E-state index in [0.717, 1.165) is 6.61 Å². The highest BCUT2D eigenvalue weighted by atomic mass is 127. The van der Waals surface area contributed by atoms with Gasteiger partial charge in [0.25, 0.3) is 0 Å². The van der Waals surface area contributed by atoms with Crippen LogP contribution in [-0.4, -0.2) is 30.6 Å². The van der Waals surface area contributed by atoms with Gasteiger partial charge in [-0.2, -0.15) is 0 Å². The molecule has 0 spiro atoms. The molecule has 1 rings (SSSR count). The molecule has 1 saturated heterocycles. The third kappa shape index (κ3) is 1.38. The Hall–Kier alpha value is 0.650. The fourth-order valence-corrected chi connectivity index (χ4v) is 1.69. The van der Waals surface area contributed by atoms with Crippen molar-refractivity contribution < 1.29 is 3.07 Å². The quantitative estimate of drug-likeness (QED) is 0.678. The SMILES string of the molecule is CN1CCC1(C)COI. The van der Waals surface area contributed by atoms with E-state index in [0.29, 0.717) is 5.54 Å². The molecule has 3 heteroatoms. The molecule has 9 heavy (non-hydrogen) atoms. The first-order valence-corrected chi connectivity index (χ1v) is 4.02. The van der Waals surface area contributed by atoms with Gasteiger partial charge in [0.05, 0.1) is 6.61 Å². The molecule has 1 aliphatic rings. The van der Waals surface area contributed by atoms with E-state index in [1.807, 2.05) is 23.0 Å². The second-order valence-corrected chi connectivity index (χ2v) is 3.54. The molecule has 1 unspecified atom stereocenters. The van der Waals surface area contributed by atoms with Crippen molar-refractivity contribution >= 4 is 23.0 Å². The maximum absolute atomic E-state index is 5.05. The third-order valence-electron chi connectivity index (χ3n) is 2.27. The second-order valence-electron chi connectivity index (χ2n) is 2.92. The number of halogens is 1. The summed E-state index contributed by atoms with van der Waals surface area (Å²) in [4.78, 5) is 2.33. The number of likely N-dealkylation sites (N-methyl/N-ethyl adjacent to an activating group) is 1. The van der Waals surface area contributed by atoms with Gasteiger partial charge in [-0.15, -0.1) is 0 Å². The van der Waals surface area contributed by atoms with Crippen LogP contribution in [0.3, 0.4) is 0 Å². The molecule has 0 aromatic heterocycles. The van der Waals surface area contributed by atoms with Crippen molar-refractivity contribution in [3.05, 3.63) is 0 Å². The van der Waals surface area contributed by atoms with Crippen LogP contribution < -0.4 is 0 Å². The van der Waals surface area contributed by atoms with E-state index in [4.69, 9.17) is 3.07 Å². The first kappa shape index (κ1) is 7.75. The van der Waals surface area contributed by atoms with Crippen molar-refractivity contribution in [2.24, 2.45) is 0 Å². The van der Waals surface area contributed by atoms with Crippen molar-refractivity contribution in [3.63, 3.8) is 0 Å². The summed E-state index contributed by atoms with van der Waals surface area (Å²) in [5.74, 6) is 0. The van der Waals surface area contributed by atoms with Crippen LogP contribution in [0.5, 0.6) is 0 Å². The summed E-state index contributed by atoms with van der Waals surface area (Å²) >= 11 is 1.95. The van der Waals surface area contributed by atoms with Gasteiger partial charge in [-0.1, -0.05) is 0 Å². The first-order chi connectivity index (χ1) is 4.19. The molecule has 1 heterocycles. The highest BCUT2D eigenvalue weighted by Crippen LogP contribution is 2.28. The van der Waals surface area contributed by atoms with Crippen molar-refractivity contribution in [1.29, 1.82) is 0 Å². The van der Waals surface area contributed by atoms with Gasteiger partial charge in [0.1, 0.15) is 23.0 Å². The van der Waals surface area contributed by atoms with Crippen molar-refractivity contribution in [2.45, 2.75) is 18.9 Å². The number of rotatable bonds is 2. The lowest BCUT2D eigenvalue weighted by molar-refractivity contribution is 0.000307. The molecule has 0 radical (unpaired) electrons. The van der Waals surface area contributed by atoms with Crippen LogP contribution in [0.1, 0.15) is 13.3 Å². The smallest absolute Gasteiger partial charge is 0.109 e. The summed E-state index contributed by atoms with van der Waals surface area (Å²) in [6.45, 7) is 4.30. The molecule has 0 saturated carbocycles. The van der Waals surface area contributed by atoms with E-state index < -0.39 is 0 Å². The lowest BCUT2D eigenvalue weighted by Gasteiger charge is -2.47. The predicted molar refractivity (Wildman–Crippen MR) is 45.6 cm³/mol. The van der Waals surface area contributed by atoms with Crippen LogP contribution in [0.25, 0.3) is 0 Å². The molecule has 2 nitrogen and oxygen atoms in total. The molecular weight excluding hydrogens is 229 g/mol. The van der Waals surface area contributed by atoms with E-state index in [1.165, 1.54) is 13.0 Å². The number of hydrogen-bond donors (Lipinski definition) is 0.